The minimum absolute atomic E-state index is 0.0550. The van der Waals surface area contributed by atoms with Crippen LogP contribution < -0.4 is 0 Å². The van der Waals surface area contributed by atoms with Gasteiger partial charge in [-0.15, -0.1) is 16.4 Å². The Morgan fingerprint density at radius 1 is 1.14 bits per heavy atom. The third-order valence-corrected chi connectivity index (χ3v) is 4.33. The smallest absolute Gasteiger partial charge is 0.205 e. The first-order valence-electron chi connectivity index (χ1n) is 6.75. The van der Waals surface area contributed by atoms with Crippen molar-refractivity contribution < 1.29 is 9.21 Å². The molecule has 0 bridgehead atoms. The maximum atomic E-state index is 12.9. The predicted molar refractivity (Wildman–Crippen MR) is 83.0 cm³/mol. The number of nitrogens with zero attached hydrogens (tertiary/aromatic N) is 3. The molecule has 0 amide bonds. The average Bonchev–Trinajstić information content (AvgIpc) is 3.30. The number of hydrogen-bond donors (Lipinski definition) is 0. The molecule has 0 N–H and O–H groups in total. The molecule has 108 valence electrons. The molecule has 0 saturated heterocycles. The largest absolute Gasteiger partial charge is 0.467 e. The van der Waals surface area contributed by atoms with Gasteiger partial charge in [-0.2, -0.15) is 0 Å². The van der Waals surface area contributed by atoms with E-state index in [9.17, 15) is 4.79 Å². The molecule has 6 heteroatoms. The summed E-state index contributed by atoms with van der Waals surface area (Å²) in [5.74, 6) is 0.495. The van der Waals surface area contributed by atoms with E-state index < -0.39 is 6.04 Å². The lowest BCUT2D eigenvalue weighted by atomic mass is 10.1. The van der Waals surface area contributed by atoms with Gasteiger partial charge in [0.15, 0.2) is 6.04 Å². The maximum Gasteiger partial charge on any atom is 0.205 e. The Balaban J connectivity index is 1.90. The monoisotopic (exact) mass is 309 g/mol. The van der Waals surface area contributed by atoms with Gasteiger partial charge in [-0.3, -0.25) is 4.79 Å². The number of Topliss-reactive ketones (excluding diaryl/α,β-unsaturated/α-hetero) is 1. The molecule has 22 heavy (non-hydrogen) atoms. The highest BCUT2D eigenvalue weighted by molar-refractivity contribution is 7.12. The molecule has 3 heterocycles. The summed E-state index contributed by atoms with van der Waals surface area (Å²) in [5, 5.41) is 10.2. The second-order valence-electron chi connectivity index (χ2n) is 4.78. The lowest BCUT2D eigenvalue weighted by molar-refractivity contribution is 0.0933. The lowest BCUT2D eigenvalue weighted by Gasteiger charge is -2.13. The molecular weight excluding hydrogens is 298 g/mol. The summed E-state index contributed by atoms with van der Waals surface area (Å²) in [6.45, 7) is 0. The molecule has 4 rings (SSSR count). The fraction of sp³-hybridized carbons (Fsp3) is 0.0625. The minimum atomic E-state index is -0.652. The number of fused-ring (bicyclic) bond motifs is 1. The van der Waals surface area contributed by atoms with Crippen molar-refractivity contribution in [3.8, 4) is 0 Å². The normalized spacial score (nSPS) is 12.5. The van der Waals surface area contributed by atoms with E-state index in [1.54, 1.807) is 23.1 Å². The van der Waals surface area contributed by atoms with Crippen LogP contribution in [0.2, 0.25) is 0 Å². The Labute approximate surface area is 129 Å². The van der Waals surface area contributed by atoms with Gasteiger partial charge in [-0.05, 0) is 35.7 Å². The number of ketones is 1. The first-order valence-corrected chi connectivity index (χ1v) is 7.63. The van der Waals surface area contributed by atoms with Crippen molar-refractivity contribution in [1.29, 1.82) is 0 Å². The molecule has 0 saturated carbocycles. The van der Waals surface area contributed by atoms with Gasteiger partial charge in [-0.25, -0.2) is 4.68 Å². The number of benzene rings is 1. The molecular formula is C16H11N3O2S. The number of carbonyl (C=O) groups excluding carboxylic acids is 1. The van der Waals surface area contributed by atoms with E-state index in [4.69, 9.17) is 4.42 Å². The molecule has 0 radical (unpaired) electrons. The van der Waals surface area contributed by atoms with Gasteiger partial charge in [0.05, 0.1) is 16.7 Å². The predicted octanol–water partition coefficient (Wildman–Crippen LogP) is 3.56. The van der Waals surface area contributed by atoms with Gasteiger partial charge in [0.2, 0.25) is 5.78 Å². The number of aromatic nitrogens is 3. The third-order valence-electron chi connectivity index (χ3n) is 3.45. The zero-order chi connectivity index (χ0) is 14.9. The highest BCUT2D eigenvalue weighted by Crippen LogP contribution is 2.27. The number of carbonyl (C=O) groups is 1. The molecule has 0 aliphatic carbocycles. The number of hydrogen-bond acceptors (Lipinski definition) is 5. The fourth-order valence-corrected chi connectivity index (χ4v) is 3.13. The van der Waals surface area contributed by atoms with Crippen LogP contribution in [0.5, 0.6) is 0 Å². The van der Waals surface area contributed by atoms with Crippen molar-refractivity contribution in [3.63, 3.8) is 0 Å². The molecule has 0 spiro atoms. The van der Waals surface area contributed by atoms with E-state index in [2.05, 4.69) is 10.3 Å². The molecule has 0 aliphatic rings. The Morgan fingerprint density at radius 2 is 2.05 bits per heavy atom. The van der Waals surface area contributed by atoms with Crippen molar-refractivity contribution in [2.75, 3.05) is 0 Å². The summed E-state index contributed by atoms with van der Waals surface area (Å²) >= 11 is 1.41. The van der Waals surface area contributed by atoms with E-state index in [-0.39, 0.29) is 5.78 Å². The first kappa shape index (κ1) is 13.0. The van der Waals surface area contributed by atoms with Crippen LogP contribution in [0.3, 0.4) is 0 Å². The van der Waals surface area contributed by atoms with Crippen molar-refractivity contribution in [2.45, 2.75) is 6.04 Å². The summed E-state index contributed by atoms with van der Waals surface area (Å²) in [7, 11) is 0. The quantitative estimate of drug-likeness (QED) is 0.541. The molecule has 0 fully saturated rings. The van der Waals surface area contributed by atoms with Crippen LogP contribution in [-0.2, 0) is 0 Å². The summed E-state index contributed by atoms with van der Waals surface area (Å²) in [6, 6.07) is 14.1. The molecule has 4 aromatic rings. The van der Waals surface area contributed by atoms with Gasteiger partial charge in [0.1, 0.15) is 11.3 Å². The van der Waals surface area contributed by atoms with Crippen molar-refractivity contribution in [1.82, 2.24) is 15.0 Å². The van der Waals surface area contributed by atoms with Crippen molar-refractivity contribution in [2.24, 2.45) is 0 Å². The maximum absolute atomic E-state index is 12.9. The van der Waals surface area contributed by atoms with Gasteiger partial charge < -0.3 is 4.42 Å². The Hall–Kier alpha value is -2.73. The molecule has 1 aromatic carbocycles. The highest BCUT2D eigenvalue weighted by atomic mass is 32.1. The van der Waals surface area contributed by atoms with Crippen molar-refractivity contribution in [3.05, 3.63) is 70.8 Å². The second kappa shape index (κ2) is 5.23. The fourth-order valence-electron chi connectivity index (χ4n) is 2.44. The number of para-hydroxylation sites is 1. The number of furan rings is 1. The summed E-state index contributed by atoms with van der Waals surface area (Å²) in [5.41, 5.74) is 1.55. The zero-order valence-corrected chi connectivity index (χ0v) is 12.2. The van der Waals surface area contributed by atoms with Crippen LogP contribution in [0, 0.1) is 0 Å². The summed E-state index contributed by atoms with van der Waals surface area (Å²) < 4.78 is 7.10. The Bertz CT molecular complexity index is 910. The van der Waals surface area contributed by atoms with Gasteiger partial charge in [0.25, 0.3) is 0 Å². The van der Waals surface area contributed by atoms with E-state index in [0.717, 1.165) is 11.0 Å². The number of rotatable bonds is 4. The summed E-state index contributed by atoms with van der Waals surface area (Å²) in [4.78, 5) is 13.6. The number of thiophene rings is 1. The first-order chi connectivity index (χ1) is 10.8. The van der Waals surface area contributed by atoms with Crippen LogP contribution in [0.25, 0.3) is 11.0 Å². The molecule has 3 aromatic heterocycles. The van der Waals surface area contributed by atoms with Crippen LogP contribution in [0.4, 0.5) is 0 Å². The van der Waals surface area contributed by atoms with Gasteiger partial charge in [-0.1, -0.05) is 23.4 Å². The van der Waals surface area contributed by atoms with Crippen LogP contribution in [0.15, 0.2) is 64.6 Å². The molecule has 1 atom stereocenters. The zero-order valence-electron chi connectivity index (χ0n) is 11.4. The minimum Gasteiger partial charge on any atom is -0.467 e. The molecule has 0 aliphatic heterocycles. The summed E-state index contributed by atoms with van der Waals surface area (Å²) in [6.07, 6.45) is 1.56. The third kappa shape index (κ3) is 2.05. The van der Waals surface area contributed by atoms with E-state index >= 15 is 0 Å². The average molecular weight is 309 g/mol. The molecule has 5 nitrogen and oxygen atoms in total. The Morgan fingerprint density at radius 3 is 2.82 bits per heavy atom. The topological polar surface area (TPSA) is 60.9 Å². The van der Waals surface area contributed by atoms with E-state index in [1.807, 2.05) is 41.8 Å². The van der Waals surface area contributed by atoms with Gasteiger partial charge in [0, 0.05) is 0 Å². The van der Waals surface area contributed by atoms with Crippen LogP contribution in [-0.4, -0.2) is 20.8 Å². The van der Waals surface area contributed by atoms with Gasteiger partial charge >= 0.3 is 0 Å². The lowest BCUT2D eigenvalue weighted by Crippen LogP contribution is -2.21. The standard InChI is InChI=1S/C16H11N3O2S/c20-16(14-8-4-10-22-14)15(13-7-3-9-21-13)19-12-6-2-1-5-11(12)17-18-19/h1-10,15H. The van der Waals surface area contributed by atoms with E-state index in [0.29, 0.717) is 10.6 Å². The molecule has 1 unspecified atom stereocenters. The van der Waals surface area contributed by atoms with Crippen LogP contribution in [0.1, 0.15) is 21.5 Å². The SMILES string of the molecule is O=C(c1cccs1)C(c1ccco1)n1nnc2ccccc21. The van der Waals surface area contributed by atoms with Crippen LogP contribution >= 0.6 is 11.3 Å². The van der Waals surface area contributed by atoms with Crippen molar-refractivity contribution >= 4 is 28.2 Å². The highest BCUT2D eigenvalue weighted by Gasteiger charge is 2.29. The Kier molecular flexibility index (Phi) is 3.08. The second-order valence-corrected chi connectivity index (χ2v) is 5.73. The van der Waals surface area contributed by atoms with E-state index in [1.165, 1.54) is 11.3 Å².